The molecule has 1 aliphatic carbocycles. The van der Waals surface area contributed by atoms with E-state index in [-0.39, 0.29) is 0 Å². The van der Waals surface area contributed by atoms with Gasteiger partial charge in [-0.3, -0.25) is 0 Å². The molecule has 0 radical (unpaired) electrons. The molecule has 20 heavy (non-hydrogen) atoms. The zero-order valence-electron chi connectivity index (χ0n) is 14.5. The quantitative estimate of drug-likeness (QED) is 0.646. The standard InChI is InChI=1S/C19H36O/c1-18(2,3)16-10-8-15(9-11-16)13-19(4,5)17-7-6-12-20-14-17/h15-17H,6-14H2,1-5H3. The van der Waals surface area contributed by atoms with Crippen LogP contribution in [0.3, 0.4) is 0 Å². The summed E-state index contributed by atoms with van der Waals surface area (Å²) in [5, 5.41) is 0. The largest absolute Gasteiger partial charge is 0.381 e. The second kappa shape index (κ2) is 6.38. The second-order valence-electron chi connectivity index (χ2n) is 9.19. The highest BCUT2D eigenvalue weighted by Gasteiger charge is 2.36. The molecule has 1 nitrogen and oxygen atoms in total. The van der Waals surface area contributed by atoms with Crippen molar-refractivity contribution in [3.05, 3.63) is 0 Å². The van der Waals surface area contributed by atoms with Gasteiger partial charge >= 0.3 is 0 Å². The third-order valence-corrected chi connectivity index (χ3v) is 6.15. The van der Waals surface area contributed by atoms with Crippen LogP contribution in [-0.4, -0.2) is 13.2 Å². The fraction of sp³-hybridized carbons (Fsp3) is 1.00. The average molecular weight is 280 g/mol. The van der Waals surface area contributed by atoms with Gasteiger partial charge in [0, 0.05) is 13.2 Å². The Morgan fingerprint density at radius 2 is 1.50 bits per heavy atom. The summed E-state index contributed by atoms with van der Waals surface area (Å²) < 4.78 is 5.72. The molecule has 2 fully saturated rings. The number of rotatable bonds is 3. The van der Waals surface area contributed by atoms with E-state index in [4.69, 9.17) is 4.74 Å². The zero-order valence-corrected chi connectivity index (χ0v) is 14.5. The van der Waals surface area contributed by atoms with E-state index < -0.39 is 0 Å². The van der Waals surface area contributed by atoms with E-state index in [1.54, 1.807) is 0 Å². The van der Waals surface area contributed by atoms with Gasteiger partial charge in [-0.2, -0.15) is 0 Å². The van der Waals surface area contributed by atoms with Crippen molar-refractivity contribution in [1.82, 2.24) is 0 Å². The predicted octanol–water partition coefficient (Wildman–Crippen LogP) is 5.68. The number of hydrogen-bond acceptors (Lipinski definition) is 1. The Labute approximate surface area is 126 Å². The van der Waals surface area contributed by atoms with Crippen molar-refractivity contribution in [2.24, 2.45) is 28.6 Å². The van der Waals surface area contributed by atoms with Crippen molar-refractivity contribution in [3.8, 4) is 0 Å². The van der Waals surface area contributed by atoms with Crippen molar-refractivity contribution in [1.29, 1.82) is 0 Å². The minimum atomic E-state index is 0.472. The fourth-order valence-corrected chi connectivity index (χ4v) is 4.50. The molecule has 0 aromatic carbocycles. The van der Waals surface area contributed by atoms with Gasteiger partial charge in [-0.05, 0) is 60.7 Å². The molecule has 0 spiro atoms. The van der Waals surface area contributed by atoms with Crippen LogP contribution in [0.4, 0.5) is 0 Å². The van der Waals surface area contributed by atoms with Crippen LogP contribution < -0.4 is 0 Å². The van der Waals surface area contributed by atoms with Crippen LogP contribution in [0.5, 0.6) is 0 Å². The highest BCUT2D eigenvalue weighted by atomic mass is 16.5. The Hall–Kier alpha value is -0.0400. The molecule has 0 N–H and O–H groups in total. The Morgan fingerprint density at radius 3 is 2.00 bits per heavy atom. The first kappa shape index (κ1) is 16.3. The summed E-state index contributed by atoms with van der Waals surface area (Å²) in [5.74, 6) is 2.70. The molecule has 0 bridgehead atoms. The molecule has 0 aromatic rings. The first-order valence-corrected chi connectivity index (χ1v) is 8.87. The van der Waals surface area contributed by atoms with Gasteiger partial charge in [-0.25, -0.2) is 0 Å². The topological polar surface area (TPSA) is 9.23 Å². The molecular formula is C19H36O. The summed E-state index contributed by atoms with van der Waals surface area (Å²) in [7, 11) is 0. The minimum absolute atomic E-state index is 0.472. The van der Waals surface area contributed by atoms with Gasteiger partial charge < -0.3 is 4.74 Å². The summed E-state index contributed by atoms with van der Waals surface area (Å²) in [6, 6.07) is 0. The second-order valence-corrected chi connectivity index (χ2v) is 9.19. The van der Waals surface area contributed by atoms with Crippen molar-refractivity contribution in [2.45, 2.75) is 79.6 Å². The fourth-order valence-electron chi connectivity index (χ4n) is 4.50. The molecule has 1 saturated heterocycles. The molecule has 1 saturated carbocycles. The zero-order chi connectivity index (χ0) is 14.8. The summed E-state index contributed by atoms with van der Waals surface area (Å²) in [4.78, 5) is 0. The summed E-state index contributed by atoms with van der Waals surface area (Å²) in [5.41, 5.74) is 0.983. The molecule has 1 heteroatoms. The van der Waals surface area contributed by atoms with Crippen LogP contribution in [0.2, 0.25) is 0 Å². The molecule has 1 aliphatic heterocycles. The van der Waals surface area contributed by atoms with E-state index >= 15 is 0 Å². The lowest BCUT2D eigenvalue weighted by molar-refractivity contribution is -0.00942. The van der Waals surface area contributed by atoms with E-state index in [9.17, 15) is 0 Å². The van der Waals surface area contributed by atoms with Gasteiger partial charge in [0.15, 0.2) is 0 Å². The van der Waals surface area contributed by atoms with E-state index in [1.165, 1.54) is 44.9 Å². The van der Waals surface area contributed by atoms with Crippen molar-refractivity contribution < 1.29 is 4.74 Å². The van der Waals surface area contributed by atoms with Gasteiger partial charge in [0.1, 0.15) is 0 Å². The van der Waals surface area contributed by atoms with Crippen LogP contribution in [0.15, 0.2) is 0 Å². The van der Waals surface area contributed by atoms with Crippen LogP contribution in [0, 0.1) is 28.6 Å². The molecule has 2 rings (SSSR count). The molecule has 1 heterocycles. The van der Waals surface area contributed by atoms with Gasteiger partial charge in [0.25, 0.3) is 0 Å². The highest BCUT2D eigenvalue weighted by molar-refractivity contribution is 4.86. The van der Waals surface area contributed by atoms with Crippen LogP contribution in [0.1, 0.15) is 79.6 Å². The smallest absolute Gasteiger partial charge is 0.0499 e. The van der Waals surface area contributed by atoms with E-state index in [2.05, 4.69) is 34.6 Å². The maximum absolute atomic E-state index is 5.72. The van der Waals surface area contributed by atoms with Crippen molar-refractivity contribution in [2.75, 3.05) is 13.2 Å². The Bertz CT molecular complexity index is 285. The first-order valence-electron chi connectivity index (χ1n) is 8.87. The average Bonchev–Trinajstić information content (AvgIpc) is 2.39. The Morgan fingerprint density at radius 1 is 0.850 bits per heavy atom. The maximum Gasteiger partial charge on any atom is 0.0499 e. The van der Waals surface area contributed by atoms with Gasteiger partial charge in [-0.1, -0.05) is 47.5 Å². The normalized spacial score (nSPS) is 33.1. The third kappa shape index (κ3) is 4.23. The molecule has 0 aromatic heterocycles. The summed E-state index contributed by atoms with van der Waals surface area (Å²) in [6.07, 6.45) is 9.88. The van der Waals surface area contributed by atoms with Gasteiger partial charge in [0.05, 0.1) is 0 Å². The summed E-state index contributed by atoms with van der Waals surface area (Å²) >= 11 is 0. The lowest BCUT2D eigenvalue weighted by atomic mass is 9.64. The van der Waals surface area contributed by atoms with Crippen LogP contribution >= 0.6 is 0 Å². The highest BCUT2D eigenvalue weighted by Crippen LogP contribution is 2.45. The van der Waals surface area contributed by atoms with Crippen molar-refractivity contribution >= 4 is 0 Å². The Kier molecular flexibility index (Phi) is 5.21. The maximum atomic E-state index is 5.72. The molecule has 118 valence electrons. The monoisotopic (exact) mass is 280 g/mol. The third-order valence-electron chi connectivity index (χ3n) is 6.15. The molecular weight excluding hydrogens is 244 g/mol. The number of hydrogen-bond donors (Lipinski definition) is 0. The van der Waals surface area contributed by atoms with Crippen LogP contribution in [-0.2, 0) is 4.74 Å². The first-order chi connectivity index (χ1) is 9.29. The SMILES string of the molecule is CC(C)(C)C1CCC(CC(C)(C)C2CCCOC2)CC1. The predicted molar refractivity (Wildman–Crippen MR) is 86.8 cm³/mol. The lowest BCUT2D eigenvalue weighted by Crippen LogP contribution is -2.34. The van der Waals surface area contributed by atoms with Gasteiger partial charge in [0.2, 0.25) is 0 Å². The van der Waals surface area contributed by atoms with Gasteiger partial charge in [-0.15, -0.1) is 0 Å². The minimum Gasteiger partial charge on any atom is -0.381 e. The van der Waals surface area contributed by atoms with E-state index in [0.717, 1.165) is 31.0 Å². The van der Waals surface area contributed by atoms with E-state index in [0.29, 0.717) is 10.8 Å². The van der Waals surface area contributed by atoms with Crippen LogP contribution in [0.25, 0.3) is 0 Å². The number of ether oxygens (including phenoxy) is 1. The summed E-state index contributed by atoms with van der Waals surface area (Å²) in [6.45, 7) is 14.2. The van der Waals surface area contributed by atoms with E-state index in [1.807, 2.05) is 0 Å². The van der Waals surface area contributed by atoms with Crippen molar-refractivity contribution in [3.63, 3.8) is 0 Å². The molecule has 2 aliphatic rings. The Balaban J connectivity index is 1.82. The molecule has 0 amide bonds. The molecule has 1 unspecified atom stereocenters. The molecule has 1 atom stereocenters. The lowest BCUT2D eigenvalue weighted by Gasteiger charge is -2.42.